The number of hydrogen-bond acceptors (Lipinski definition) is 2. The molecular formula is C13H9F2N3. The van der Waals surface area contributed by atoms with Crippen LogP contribution in [0.4, 0.5) is 14.6 Å². The van der Waals surface area contributed by atoms with Gasteiger partial charge in [-0.2, -0.15) is 5.10 Å². The lowest BCUT2D eigenvalue weighted by Gasteiger charge is -2.02. The summed E-state index contributed by atoms with van der Waals surface area (Å²) in [7, 11) is 0. The Labute approximate surface area is 101 Å². The lowest BCUT2D eigenvalue weighted by molar-refractivity contribution is 0.584. The number of halogens is 2. The molecule has 0 saturated heterocycles. The van der Waals surface area contributed by atoms with Gasteiger partial charge < -0.3 is 5.73 Å². The van der Waals surface area contributed by atoms with Crippen molar-refractivity contribution in [3.8, 4) is 11.1 Å². The highest BCUT2D eigenvalue weighted by atomic mass is 19.1. The molecule has 0 aliphatic carbocycles. The highest BCUT2D eigenvalue weighted by Gasteiger charge is 2.06. The molecule has 0 atom stereocenters. The Morgan fingerprint density at radius 3 is 2.39 bits per heavy atom. The summed E-state index contributed by atoms with van der Waals surface area (Å²) in [5.41, 5.74) is 7.56. The van der Waals surface area contributed by atoms with Crippen molar-refractivity contribution in [2.45, 2.75) is 0 Å². The second kappa shape index (κ2) is 3.80. The molecule has 3 aromatic rings. The first-order chi connectivity index (χ1) is 8.63. The smallest absolute Gasteiger partial charge is 0.153 e. The molecule has 18 heavy (non-hydrogen) atoms. The monoisotopic (exact) mass is 245 g/mol. The molecule has 5 heteroatoms. The number of nitrogens with one attached hydrogen (secondary N) is 1. The largest absolute Gasteiger partial charge is 0.382 e. The number of aromatic amines is 1. The van der Waals surface area contributed by atoms with Crippen LogP contribution in [0.25, 0.3) is 22.0 Å². The van der Waals surface area contributed by atoms with Gasteiger partial charge in [0.1, 0.15) is 11.6 Å². The maximum Gasteiger partial charge on any atom is 0.153 e. The maximum atomic E-state index is 13.2. The molecule has 0 aliphatic rings. The number of fused-ring (bicyclic) bond motifs is 1. The van der Waals surface area contributed by atoms with Gasteiger partial charge in [0, 0.05) is 11.5 Å². The van der Waals surface area contributed by atoms with Crippen molar-refractivity contribution in [3.63, 3.8) is 0 Å². The van der Waals surface area contributed by atoms with Crippen LogP contribution < -0.4 is 5.73 Å². The molecule has 0 aliphatic heterocycles. The number of H-pyrrole nitrogens is 1. The van der Waals surface area contributed by atoms with E-state index in [1.54, 1.807) is 18.2 Å². The van der Waals surface area contributed by atoms with E-state index in [0.29, 0.717) is 16.9 Å². The summed E-state index contributed by atoms with van der Waals surface area (Å²) < 4.78 is 26.3. The Morgan fingerprint density at radius 1 is 0.944 bits per heavy atom. The van der Waals surface area contributed by atoms with Crippen LogP contribution in [0.5, 0.6) is 0 Å². The summed E-state index contributed by atoms with van der Waals surface area (Å²) in [6.07, 6.45) is 0. The summed E-state index contributed by atoms with van der Waals surface area (Å²) >= 11 is 0. The highest BCUT2D eigenvalue weighted by Crippen LogP contribution is 2.26. The van der Waals surface area contributed by atoms with Crippen molar-refractivity contribution >= 4 is 16.7 Å². The quantitative estimate of drug-likeness (QED) is 0.692. The van der Waals surface area contributed by atoms with Crippen molar-refractivity contribution in [1.82, 2.24) is 10.2 Å². The minimum atomic E-state index is -0.603. The summed E-state index contributed by atoms with van der Waals surface area (Å²) in [5.74, 6) is -0.801. The van der Waals surface area contributed by atoms with Gasteiger partial charge in [-0.05, 0) is 35.4 Å². The number of hydrogen-bond donors (Lipinski definition) is 2. The van der Waals surface area contributed by atoms with Crippen LogP contribution >= 0.6 is 0 Å². The third kappa shape index (κ3) is 1.69. The van der Waals surface area contributed by atoms with Gasteiger partial charge in [0.05, 0.1) is 5.52 Å². The second-order valence-electron chi connectivity index (χ2n) is 4.03. The van der Waals surface area contributed by atoms with E-state index in [0.717, 1.165) is 17.0 Å². The van der Waals surface area contributed by atoms with E-state index in [9.17, 15) is 8.78 Å². The Hall–Kier alpha value is -2.43. The molecule has 3 nitrogen and oxygen atoms in total. The average molecular weight is 245 g/mol. The molecule has 0 radical (unpaired) electrons. The second-order valence-corrected chi connectivity index (χ2v) is 4.03. The SMILES string of the molecule is Nc1n[nH]c2cc(-c3cc(F)cc(F)c3)ccc12. The average Bonchev–Trinajstić information content (AvgIpc) is 2.69. The van der Waals surface area contributed by atoms with Crippen molar-refractivity contribution in [2.75, 3.05) is 5.73 Å². The molecule has 0 unspecified atom stereocenters. The molecule has 0 fully saturated rings. The van der Waals surface area contributed by atoms with E-state index in [1.807, 2.05) is 0 Å². The zero-order valence-corrected chi connectivity index (χ0v) is 9.24. The first-order valence-corrected chi connectivity index (χ1v) is 5.33. The van der Waals surface area contributed by atoms with E-state index >= 15 is 0 Å². The predicted octanol–water partition coefficient (Wildman–Crippen LogP) is 3.09. The van der Waals surface area contributed by atoms with Gasteiger partial charge in [0.25, 0.3) is 0 Å². The van der Waals surface area contributed by atoms with E-state index in [-0.39, 0.29) is 0 Å². The first-order valence-electron chi connectivity index (χ1n) is 5.33. The molecule has 0 amide bonds. The van der Waals surface area contributed by atoms with Gasteiger partial charge in [-0.25, -0.2) is 8.78 Å². The normalized spacial score (nSPS) is 11.0. The molecular weight excluding hydrogens is 236 g/mol. The third-order valence-electron chi connectivity index (χ3n) is 2.79. The van der Waals surface area contributed by atoms with Gasteiger partial charge in [-0.3, -0.25) is 5.10 Å². The van der Waals surface area contributed by atoms with E-state index < -0.39 is 11.6 Å². The van der Waals surface area contributed by atoms with Gasteiger partial charge in [-0.15, -0.1) is 0 Å². The Morgan fingerprint density at radius 2 is 1.67 bits per heavy atom. The van der Waals surface area contributed by atoms with Crippen LogP contribution in [0, 0.1) is 11.6 Å². The molecule has 2 aromatic carbocycles. The van der Waals surface area contributed by atoms with Gasteiger partial charge in [0.2, 0.25) is 0 Å². The minimum Gasteiger partial charge on any atom is -0.382 e. The fourth-order valence-corrected chi connectivity index (χ4v) is 1.94. The molecule has 90 valence electrons. The molecule has 0 saturated carbocycles. The fraction of sp³-hybridized carbons (Fsp3) is 0. The van der Waals surface area contributed by atoms with Crippen molar-refractivity contribution in [3.05, 3.63) is 48.0 Å². The lowest BCUT2D eigenvalue weighted by Crippen LogP contribution is -1.85. The topological polar surface area (TPSA) is 54.7 Å². The zero-order valence-electron chi connectivity index (χ0n) is 9.24. The number of benzene rings is 2. The minimum absolute atomic E-state index is 0.405. The van der Waals surface area contributed by atoms with Gasteiger partial charge in [-0.1, -0.05) is 6.07 Å². The van der Waals surface area contributed by atoms with Crippen molar-refractivity contribution < 1.29 is 8.78 Å². The number of nitrogens with two attached hydrogens (primary N) is 1. The summed E-state index contributed by atoms with van der Waals surface area (Å²) in [6, 6.07) is 8.69. The standard InChI is InChI=1S/C13H9F2N3/c14-9-3-8(4-10(15)6-9)7-1-2-11-12(5-7)17-18-13(11)16/h1-6H,(H3,16,17,18). The van der Waals surface area contributed by atoms with E-state index in [2.05, 4.69) is 10.2 Å². The van der Waals surface area contributed by atoms with E-state index in [1.165, 1.54) is 12.1 Å². The number of anilines is 1. The Bertz CT molecular complexity index is 714. The van der Waals surface area contributed by atoms with Crippen LogP contribution in [-0.2, 0) is 0 Å². The van der Waals surface area contributed by atoms with Crippen LogP contribution in [0.3, 0.4) is 0 Å². The molecule has 0 bridgehead atoms. The number of aromatic nitrogens is 2. The van der Waals surface area contributed by atoms with Crippen molar-refractivity contribution in [1.29, 1.82) is 0 Å². The number of nitrogen functional groups attached to an aromatic ring is 1. The van der Waals surface area contributed by atoms with Crippen LogP contribution in [0.15, 0.2) is 36.4 Å². The maximum absolute atomic E-state index is 13.2. The lowest BCUT2D eigenvalue weighted by atomic mass is 10.0. The van der Waals surface area contributed by atoms with Crippen LogP contribution in [0.1, 0.15) is 0 Å². The number of nitrogens with zero attached hydrogens (tertiary/aromatic N) is 1. The van der Waals surface area contributed by atoms with E-state index in [4.69, 9.17) is 5.73 Å². The highest BCUT2D eigenvalue weighted by molar-refractivity contribution is 5.91. The molecule has 1 heterocycles. The van der Waals surface area contributed by atoms with Crippen LogP contribution in [-0.4, -0.2) is 10.2 Å². The van der Waals surface area contributed by atoms with Crippen LogP contribution in [0.2, 0.25) is 0 Å². The Balaban J connectivity index is 2.18. The summed E-state index contributed by atoms with van der Waals surface area (Å²) in [6.45, 7) is 0. The molecule has 0 spiro atoms. The summed E-state index contributed by atoms with van der Waals surface area (Å²) in [5, 5.41) is 7.42. The molecule has 3 rings (SSSR count). The van der Waals surface area contributed by atoms with Crippen molar-refractivity contribution in [2.24, 2.45) is 0 Å². The third-order valence-corrected chi connectivity index (χ3v) is 2.79. The first kappa shape index (κ1) is 10.7. The Kier molecular flexibility index (Phi) is 2.26. The fourth-order valence-electron chi connectivity index (χ4n) is 1.94. The van der Waals surface area contributed by atoms with Gasteiger partial charge in [0.15, 0.2) is 5.82 Å². The zero-order chi connectivity index (χ0) is 12.7. The number of rotatable bonds is 1. The molecule has 3 N–H and O–H groups in total. The van der Waals surface area contributed by atoms with Gasteiger partial charge >= 0.3 is 0 Å². The predicted molar refractivity (Wildman–Crippen MR) is 65.9 cm³/mol. The molecule has 1 aromatic heterocycles. The summed E-state index contributed by atoms with van der Waals surface area (Å²) in [4.78, 5) is 0.